The van der Waals surface area contributed by atoms with Gasteiger partial charge in [0.25, 0.3) is 0 Å². The summed E-state index contributed by atoms with van der Waals surface area (Å²) in [5.74, 6) is -1.03. The summed E-state index contributed by atoms with van der Waals surface area (Å²) in [4.78, 5) is 11.3. The van der Waals surface area contributed by atoms with Crippen LogP contribution in [0.4, 0.5) is 0 Å². The van der Waals surface area contributed by atoms with Crippen LogP contribution in [0.25, 0.3) is 16.7 Å². The van der Waals surface area contributed by atoms with Gasteiger partial charge in [0, 0.05) is 9.50 Å². The maximum absolute atomic E-state index is 11.3. The molecule has 0 saturated heterocycles. The number of nitrogens with zero attached hydrogens (tertiary/aromatic N) is 3. The predicted octanol–water partition coefficient (Wildman–Crippen LogP) is 3.53. The van der Waals surface area contributed by atoms with Crippen molar-refractivity contribution in [2.24, 2.45) is 0 Å². The minimum Gasteiger partial charge on any atom is -0.478 e. The van der Waals surface area contributed by atoms with Gasteiger partial charge in [0.2, 0.25) is 0 Å². The highest BCUT2D eigenvalue weighted by Crippen LogP contribution is 2.28. The van der Waals surface area contributed by atoms with Crippen molar-refractivity contribution >= 4 is 44.5 Å². The van der Waals surface area contributed by atoms with Gasteiger partial charge >= 0.3 is 5.97 Å². The number of carbonyl (C=O) groups is 1. The van der Waals surface area contributed by atoms with Crippen LogP contribution in [0.3, 0.4) is 0 Å². The van der Waals surface area contributed by atoms with Crippen LogP contribution in [0.1, 0.15) is 10.4 Å². The summed E-state index contributed by atoms with van der Waals surface area (Å²) in [6, 6.07) is 10.1. The van der Waals surface area contributed by atoms with E-state index in [1.165, 1.54) is 10.7 Å². The summed E-state index contributed by atoms with van der Waals surface area (Å²) < 4.78 is 2.21. The number of benzene rings is 2. The monoisotopic (exact) mass is 351 g/mol. The number of rotatable bonds is 2. The van der Waals surface area contributed by atoms with Crippen molar-refractivity contribution in [1.82, 2.24) is 15.0 Å². The largest absolute Gasteiger partial charge is 0.478 e. The summed E-state index contributed by atoms with van der Waals surface area (Å²) in [6.07, 6.45) is 0. The Hall–Kier alpha value is -1.92. The number of carboxylic acid groups (broad SMARTS) is 1. The molecule has 0 fully saturated rings. The Morgan fingerprint density at radius 1 is 1.30 bits per heavy atom. The van der Waals surface area contributed by atoms with Gasteiger partial charge in [-0.2, -0.15) is 0 Å². The van der Waals surface area contributed by atoms with Crippen LogP contribution in [-0.2, 0) is 0 Å². The lowest BCUT2D eigenvalue weighted by atomic mass is 10.2. The Kier molecular flexibility index (Phi) is 3.19. The fraction of sp³-hybridized carbons (Fsp3) is 0. The summed E-state index contributed by atoms with van der Waals surface area (Å²) in [7, 11) is 0. The van der Waals surface area contributed by atoms with E-state index < -0.39 is 5.97 Å². The zero-order valence-electron chi connectivity index (χ0n) is 9.92. The van der Waals surface area contributed by atoms with Crippen LogP contribution < -0.4 is 0 Å². The molecule has 1 N–H and O–H groups in total. The molecule has 0 bridgehead atoms. The number of halogens is 2. The summed E-state index contributed by atoms with van der Waals surface area (Å²) in [5.41, 5.74) is 1.72. The second kappa shape index (κ2) is 4.88. The first-order valence-electron chi connectivity index (χ1n) is 5.61. The molecule has 0 atom stereocenters. The Morgan fingerprint density at radius 2 is 2.10 bits per heavy atom. The van der Waals surface area contributed by atoms with Crippen LogP contribution in [0, 0.1) is 0 Å². The standard InChI is InChI=1S/C13H7BrClN3O2/c14-9-5-4-7(15)6-11(9)18-12-8(13(19)20)2-1-3-10(12)16-17-18/h1-6H,(H,19,20). The van der Waals surface area contributed by atoms with Crippen molar-refractivity contribution in [2.75, 3.05) is 0 Å². The molecule has 3 rings (SSSR count). The summed E-state index contributed by atoms with van der Waals surface area (Å²) in [5, 5.41) is 17.8. The van der Waals surface area contributed by atoms with Crippen molar-refractivity contribution in [3.8, 4) is 5.69 Å². The lowest BCUT2D eigenvalue weighted by molar-refractivity contribution is 0.0698. The summed E-state index contributed by atoms with van der Waals surface area (Å²) in [6.45, 7) is 0. The first-order valence-corrected chi connectivity index (χ1v) is 6.78. The van der Waals surface area contributed by atoms with Crippen molar-refractivity contribution in [3.63, 3.8) is 0 Å². The molecular weight excluding hydrogens is 346 g/mol. The van der Waals surface area contributed by atoms with E-state index >= 15 is 0 Å². The Bertz CT molecular complexity index is 832. The van der Waals surface area contributed by atoms with Crippen LogP contribution in [-0.4, -0.2) is 26.1 Å². The molecule has 0 aliphatic rings. The van der Waals surface area contributed by atoms with Crippen LogP contribution >= 0.6 is 27.5 Å². The smallest absolute Gasteiger partial charge is 0.337 e. The van der Waals surface area contributed by atoms with E-state index in [0.717, 1.165) is 4.47 Å². The van der Waals surface area contributed by atoms with Gasteiger partial charge in [-0.3, -0.25) is 0 Å². The number of para-hydroxylation sites is 1. The minimum atomic E-state index is -1.03. The van der Waals surface area contributed by atoms with Crippen molar-refractivity contribution in [1.29, 1.82) is 0 Å². The molecule has 3 aromatic rings. The molecule has 1 aromatic heterocycles. The van der Waals surface area contributed by atoms with Gasteiger partial charge in [0.15, 0.2) is 0 Å². The molecule has 2 aromatic carbocycles. The molecule has 0 aliphatic heterocycles. The zero-order chi connectivity index (χ0) is 14.3. The van der Waals surface area contributed by atoms with E-state index in [2.05, 4.69) is 26.2 Å². The predicted molar refractivity (Wildman–Crippen MR) is 78.5 cm³/mol. The molecule has 0 aliphatic carbocycles. The second-order valence-electron chi connectivity index (χ2n) is 4.08. The maximum atomic E-state index is 11.3. The number of fused-ring (bicyclic) bond motifs is 1. The first kappa shape index (κ1) is 13.1. The SMILES string of the molecule is O=C(O)c1cccc2nnn(-c3cc(Cl)ccc3Br)c12. The maximum Gasteiger partial charge on any atom is 0.337 e. The molecular formula is C13H7BrClN3O2. The minimum absolute atomic E-state index is 0.138. The van der Waals surface area contributed by atoms with Crippen molar-refractivity contribution in [2.45, 2.75) is 0 Å². The lowest BCUT2D eigenvalue weighted by Gasteiger charge is -2.07. The first-order chi connectivity index (χ1) is 9.58. The fourth-order valence-corrected chi connectivity index (χ4v) is 2.54. The number of aromatic carboxylic acids is 1. The highest BCUT2D eigenvalue weighted by Gasteiger charge is 2.17. The molecule has 0 radical (unpaired) electrons. The molecule has 0 saturated carbocycles. The van der Waals surface area contributed by atoms with E-state index in [0.29, 0.717) is 21.7 Å². The molecule has 100 valence electrons. The van der Waals surface area contributed by atoms with Crippen LogP contribution in [0.15, 0.2) is 40.9 Å². The number of aromatic nitrogens is 3. The third-order valence-electron chi connectivity index (χ3n) is 2.84. The molecule has 0 amide bonds. The van der Waals surface area contributed by atoms with Crippen LogP contribution in [0.2, 0.25) is 5.02 Å². The quantitative estimate of drug-likeness (QED) is 0.766. The van der Waals surface area contributed by atoms with Gasteiger partial charge in [-0.25, -0.2) is 9.48 Å². The van der Waals surface area contributed by atoms with Crippen LogP contribution in [0.5, 0.6) is 0 Å². The van der Waals surface area contributed by atoms with Crippen molar-refractivity contribution < 1.29 is 9.90 Å². The Morgan fingerprint density at radius 3 is 2.85 bits per heavy atom. The lowest BCUT2D eigenvalue weighted by Crippen LogP contribution is -2.04. The van der Waals surface area contributed by atoms with Gasteiger partial charge in [-0.15, -0.1) is 5.10 Å². The average molecular weight is 353 g/mol. The second-order valence-corrected chi connectivity index (χ2v) is 5.37. The van der Waals surface area contributed by atoms with E-state index in [-0.39, 0.29) is 5.56 Å². The topological polar surface area (TPSA) is 68.0 Å². The highest BCUT2D eigenvalue weighted by atomic mass is 79.9. The number of hydrogen-bond donors (Lipinski definition) is 1. The van der Waals surface area contributed by atoms with E-state index in [9.17, 15) is 9.90 Å². The molecule has 5 nitrogen and oxygen atoms in total. The number of carboxylic acids is 1. The molecule has 7 heteroatoms. The van der Waals surface area contributed by atoms with E-state index in [4.69, 9.17) is 11.6 Å². The van der Waals surface area contributed by atoms with Crippen molar-refractivity contribution in [3.05, 3.63) is 51.5 Å². The van der Waals surface area contributed by atoms with E-state index in [1.807, 2.05) is 0 Å². The third-order valence-corrected chi connectivity index (χ3v) is 3.74. The van der Waals surface area contributed by atoms with Gasteiger partial charge in [0.1, 0.15) is 11.0 Å². The summed E-state index contributed by atoms with van der Waals surface area (Å²) >= 11 is 9.39. The van der Waals surface area contributed by atoms with E-state index in [1.54, 1.807) is 30.3 Å². The molecule has 20 heavy (non-hydrogen) atoms. The van der Waals surface area contributed by atoms with Gasteiger partial charge in [0.05, 0.1) is 11.3 Å². The Labute approximate surface area is 126 Å². The number of hydrogen-bond acceptors (Lipinski definition) is 3. The average Bonchev–Trinajstić information content (AvgIpc) is 2.85. The third kappa shape index (κ3) is 2.07. The van der Waals surface area contributed by atoms with Gasteiger partial charge in [-0.05, 0) is 46.3 Å². The normalized spacial score (nSPS) is 10.9. The molecule has 0 spiro atoms. The molecule has 0 unspecified atom stereocenters. The fourth-order valence-electron chi connectivity index (χ4n) is 1.96. The van der Waals surface area contributed by atoms with Gasteiger partial charge < -0.3 is 5.11 Å². The Balaban J connectivity index is 2.37. The zero-order valence-corrected chi connectivity index (χ0v) is 12.3. The molecule has 1 heterocycles. The highest BCUT2D eigenvalue weighted by molar-refractivity contribution is 9.10. The van der Waals surface area contributed by atoms with Gasteiger partial charge in [-0.1, -0.05) is 22.9 Å².